The van der Waals surface area contributed by atoms with Crippen LogP contribution in [0.5, 0.6) is 11.6 Å². The molecule has 1 aromatic rings. The number of amides is 2. The highest BCUT2D eigenvalue weighted by Gasteiger charge is 2.46. The maximum atomic E-state index is 14.1. The molecule has 154 valence electrons. The van der Waals surface area contributed by atoms with E-state index in [4.69, 9.17) is 4.74 Å². The Morgan fingerprint density at radius 1 is 1.29 bits per heavy atom. The van der Waals surface area contributed by atoms with E-state index in [9.17, 15) is 31.5 Å². The van der Waals surface area contributed by atoms with Crippen LogP contribution >= 0.6 is 0 Å². The summed E-state index contributed by atoms with van der Waals surface area (Å²) >= 11 is 0. The van der Waals surface area contributed by atoms with Gasteiger partial charge in [-0.25, -0.2) is 18.6 Å². The van der Waals surface area contributed by atoms with Crippen molar-refractivity contribution in [3.8, 4) is 11.6 Å². The summed E-state index contributed by atoms with van der Waals surface area (Å²) in [4.78, 5) is 29.7. The first-order chi connectivity index (χ1) is 13.0. The average Bonchev–Trinajstić information content (AvgIpc) is 3.00. The summed E-state index contributed by atoms with van der Waals surface area (Å²) in [5.41, 5.74) is 0. The van der Waals surface area contributed by atoms with Gasteiger partial charge in [0.2, 0.25) is 11.8 Å². The summed E-state index contributed by atoms with van der Waals surface area (Å²) in [5.74, 6) is -4.44. The molecule has 2 fully saturated rings. The molecule has 0 bridgehead atoms. The Bertz CT molecular complexity index is 741. The number of ether oxygens (including phenoxy) is 2. The zero-order valence-corrected chi connectivity index (χ0v) is 14.4. The molecular formula is C16H16F5N3O4. The molecule has 3 heterocycles. The van der Waals surface area contributed by atoms with Gasteiger partial charge in [-0.1, -0.05) is 0 Å². The van der Waals surface area contributed by atoms with Crippen molar-refractivity contribution < 1.29 is 41.0 Å². The fraction of sp³-hybridized carbons (Fsp3) is 0.562. The van der Waals surface area contributed by atoms with Crippen molar-refractivity contribution in [2.24, 2.45) is 0 Å². The van der Waals surface area contributed by atoms with Crippen molar-refractivity contribution in [2.45, 2.75) is 37.6 Å². The molecule has 1 aromatic heterocycles. The van der Waals surface area contributed by atoms with Crippen LogP contribution in [-0.4, -0.2) is 64.7 Å². The zero-order valence-electron chi connectivity index (χ0n) is 14.4. The summed E-state index contributed by atoms with van der Waals surface area (Å²) in [6.45, 7) is -0.667. The highest BCUT2D eigenvalue weighted by Crippen LogP contribution is 2.32. The number of rotatable bonds is 3. The highest BCUT2D eigenvalue weighted by molar-refractivity contribution is 5.78. The molecule has 0 unspecified atom stereocenters. The quantitative estimate of drug-likeness (QED) is 0.718. The van der Waals surface area contributed by atoms with Gasteiger partial charge in [0.25, 0.3) is 5.92 Å². The molecule has 12 heteroatoms. The van der Waals surface area contributed by atoms with Gasteiger partial charge in [0.1, 0.15) is 5.75 Å². The van der Waals surface area contributed by atoms with E-state index < -0.39 is 43.1 Å². The number of nitrogens with zero attached hydrogens (tertiary/aromatic N) is 3. The first-order valence-corrected chi connectivity index (χ1v) is 8.38. The van der Waals surface area contributed by atoms with E-state index in [2.05, 4.69) is 9.72 Å². The summed E-state index contributed by atoms with van der Waals surface area (Å²) < 4.78 is 73.0. The predicted molar refractivity (Wildman–Crippen MR) is 82.8 cm³/mol. The fourth-order valence-electron chi connectivity index (χ4n) is 3.25. The molecule has 1 atom stereocenters. The lowest BCUT2D eigenvalue weighted by Gasteiger charge is -2.40. The molecule has 0 saturated carbocycles. The van der Waals surface area contributed by atoms with Crippen LogP contribution in [-0.2, 0) is 4.79 Å². The van der Waals surface area contributed by atoms with Gasteiger partial charge in [-0.2, -0.15) is 0 Å². The van der Waals surface area contributed by atoms with Gasteiger partial charge in [0, 0.05) is 32.0 Å². The van der Waals surface area contributed by atoms with Crippen LogP contribution < -0.4 is 9.47 Å². The minimum absolute atomic E-state index is 0.130. The van der Waals surface area contributed by atoms with E-state index in [1.165, 1.54) is 4.90 Å². The number of likely N-dealkylation sites (tertiary alicyclic amines) is 2. The monoisotopic (exact) mass is 409 g/mol. The molecule has 2 amide bonds. The van der Waals surface area contributed by atoms with Gasteiger partial charge in [0.05, 0.1) is 18.8 Å². The molecule has 3 rings (SSSR count). The molecule has 2 aliphatic rings. The Morgan fingerprint density at radius 2 is 2.04 bits per heavy atom. The smallest absolute Gasteiger partial charge is 0.404 e. The third-order valence-electron chi connectivity index (χ3n) is 4.33. The lowest BCUT2D eigenvalue weighted by atomic mass is 10.0. The maximum absolute atomic E-state index is 14.1. The maximum Gasteiger partial charge on any atom is 0.573 e. The van der Waals surface area contributed by atoms with Crippen LogP contribution in [0.25, 0.3) is 0 Å². The number of aromatic nitrogens is 1. The average molecular weight is 409 g/mol. The van der Waals surface area contributed by atoms with Gasteiger partial charge < -0.3 is 14.4 Å². The lowest BCUT2D eigenvalue weighted by molar-refractivity contribution is -0.274. The van der Waals surface area contributed by atoms with Crippen molar-refractivity contribution in [3.63, 3.8) is 0 Å². The molecule has 0 N–H and O–H groups in total. The van der Waals surface area contributed by atoms with Crippen LogP contribution in [0.1, 0.15) is 19.3 Å². The van der Waals surface area contributed by atoms with Crippen molar-refractivity contribution in [1.82, 2.24) is 14.8 Å². The lowest BCUT2D eigenvalue weighted by Crippen LogP contribution is -2.57. The van der Waals surface area contributed by atoms with E-state index in [-0.39, 0.29) is 24.8 Å². The molecule has 28 heavy (non-hydrogen) atoms. The number of carbonyl (C=O) groups excluding carboxylic acids is 2. The van der Waals surface area contributed by atoms with Crippen LogP contribution in [0.4, 0.5) is 26.7 Å². The highest BCUT2D eigenvalue weighted by atomic mass is 19.4. The zero-order chi connectivity index (χ0) is 20.5. The molecule has 7 nitrogen and oxygen atoms in total. The van der Waals surface area contributed by atoms with Crippen molar-refractivity contribution in [1.29, 1.82) is 0 Å². The van der Waals surface area contributed by atoms with Gasteiger partial charge >= 0.3 is 12.5 Å². The molecule has 0 aromatic carbocycles. The molecule has 0 aliphatic carbocycles. The SMILES string of the molecule is O=C(Oc1ccc(OC(F)(F)F)cn1)N1C[C@H](N2CCCC2=O)CC(F)(F)C1. The van der Waals surface area contributed by atoms with Crippen molar-refractivity contribution in [2.75, 3.05) is 19.6 Å². The Balaban J connectivity index is 1.65. The third-order valence-corrected chi connectivity index (χ3v) is 4.33. The number of hydrogen-bond acceptors (Lipinski definition) is 5. The predicted octanol–water partition coefficient (Wildman–Crippen LogP) is 2.81. The third kappa shape index (κ3) is 4.98. The fourth-order valence-corrected chi connectivity index (χ4v) is 3.25. The van der Waals surface area contributed by atoms with E-state index >= 15 is 0 Å². The van der Waals surface area contributed by atoms with E-state index in [1.54, 1.807) is 0 Å². The Hall–Kier alpha value is -2.66. The van der Waals surface area contributed by atoms with E-state index in [1.807, 2.05) is 0 Å². The normalized spacial score (nSPS) is 22.3. The summed E-state index contributed by atoms with van der Waals surface area (Å²) in [6, 6.07) is 0.990. The van der Waals surface area contributed by atoms with Gasteiger partial charge in [0.15, 0.2) is 0 Å². The molecule has 2 saturated heterocycles. The summed E-state index contributed by atoms with van der Waals surface area (Å²) in [6.07, 6.45) is -5.05. The van der Waals surface area contributed by atoms with Gasteiger partial charge in [-0.15, -0.1) is 13.2 Å². The number of piperidine rings is 1. The van der Waals surface area contributed by atoms with Crippen molar-refractivity contribution in [3.05, 3.63) is 18.3 Å². The topological polar surface area (TPSA) is 72.0 Å². The second-order valence-electron chi connectivity index (χ2n) is 6.53. The van der Waals surface area contributed by atoms with Gasteiger partial charge in [-0.05, 0) is 12.5 Å². The Labute approximate surface area is 156 Å². The van der Waals surface area contributed by atoms with Crippen LogP contribution in [0.15, 0.2) is 18.3 Å². The number of carbonyl (C=O) groups is 2. The number of hydrogen-bond donors (Lipinski definition) is 0. The summed E-state index contributed by atoms with van der Waals surface area (Å²) in [5, 5.41) is 0. The Kier molecular flexibility index (Phi) is 5.31. The van der Waals surface area contributed by atoms with Crippen LogP contribution in [0.2, 0.25) is 0 Å². The number of halogens is 5. The van der Waals surface area contributed by atoms with E-state index in [0.29, 0.717) is 19.2 Å². The minimum atomic E-state index is -4.90. The molecule has 0 spiro atoms. The number of alkyl halides is 5. The van der Waals surface area contributed by atoms with Crippen LogP contribution in [0, 0.1) is 0 Å². The van der Waals surface area contributed by atoms with Crippen LogP contribution in [0.3, 0.4) is 0 Å². The summed E-state index contributed by atoms with van der Waals surface area (Å²) in [7, 11) is 0. The van der Waals surface area contributed by atoms with Crippen molar-refractivity contribution >= 4 is 12.0 Å². The first-order valence-electron chi connectivity index (χ1n) is 8.38. The standard InChI is InChI=1S/C16H16F5N3O4/c17-15(18)6-10(24-5-1-2-13(24)25)8-23(9-15)14(26)27-12-4-3-11(7-22-12)28-16(19,20)21/h3-4,7,10H,1-2,5-6,8-9H2/t10-/m1/s1. The minimum Gasteiger partial charge on any atom is -0.404 e. The Morgan fingerprint density at radius 3 is 2.61 bits per heavy atom. The largest absolute Gasteiger partial charge is 0.573 e. The van der Waals surface area contributed by atoms with E-state index in [0.717, 1.165) is 17.0 Å². The first kappa shape index (κ1) is 20.1. The van der Waals surface area contributed by atoms with Gasteiger partial charge in [-0.3, -0.25) is 9.69 Å². The number of pyridine rings is 1. The second kappa shape index (κ2) is 7.40. The molecular weight excluding hydrogens is 393 g/mol. The molecule has 2 aliphatic heterocycles. The second-order valence-corrected chi connectivity index (χ2v) is 6.53. The molecule has 0 radical (unpaired) electrons.